The third kappa shape index (κ3) is 5.17. The van der Waals surface area contributed by atoms with Gasteiger partial charge in [-0.2, -0.15) is 0 Å². The summed E-state index contributed by atoms with van der Waals surface area (Å²) >= 11 is 5.23. The van der Waals surface area contributed by atoms with Gasteiger partial charge in [-0.3, -0.25) is 4.99 Å². The molecule has 0 aliphatic carbocycles. The molecule has 3 rings (SSSR count). The van der Waals surface area contributed by atoms with Crippen LogP contribution in [0.15, 0.2) is 61.9 Å². The van der Waals surface area contributed by atoms with Crippen LogP contribution in [0.1, 0.15) is 10.6 Å². The van der Waals surface area contributed by atoms with E-state index in [4.69, 9.17) is 4.42 Å². The molecular weight excluding hydrogens is 400 g/mol. The first-order chi connectivity index (χ1) is 12.2. The van der Waals surface area contributed by atoms with Crippen LogP contribution in [0.3, 0.4) is 0 Å². The molecule has 0 unspecified atom stereocenters. The summed E-state index contributed by atoms with van der Waals surface area (Å²) < 4.78 is 6.70. The fourth-order valence-electron chi connectivity index (χ4n) is 2.29. The number of hydrogen-bond donors (Lipinski definition) is 2. The summed E-state index contributed by atoms with van der Waals surface area (Å²) in [5.74, 6) is 1.38. The number of nitrogens with zero attached hydrogens (tertiary/aromatic N) is 2. The van der Waals surface area contributed by atoms with Gasteiger partial charge in [0.15, 0.2) is 5.96 Å². The summed E-state index contributed by atoms with van der Waals surface area (Å²) in [6.07, 6.45) is 2.63. The molecule has 0 aliphatic rings. The molecule has 0 atom stereocenters. The van der Waals surface area contributed by atoms with Crippen LogP contribution in [-0.2, 0) is 13.0 Å². The Balaban J connectivity index is 1.47. The number of hydrogen-bond acceptors (Lipinski definition) is 4. The van der Waals surface area contributed by atoms with E-state index in [-0.39, 0.29) is 0 Å². The number of aromatic nitrogens is 1. The summed E-state index contributed by atoms with van der Waals surface area (Å²) in [6, 6.07) is 14.1. The van der Waals surface area contributed by atoms with Crippen LogP contribution in [0, 0.1) is 0 Å². The van der Waals surface area contributed by atoms with Gasteiger partial charge in [-0.1, -0.05) is 18.2 Å². The molecule has 3 aromatic rings. The van der Waals surface area contributed by atoms with E-state index in [2.05, 4.69) is 48.7 Å². The lowest BCUT2D eigenvalue weighted by Gasteiger charge is -2.10. The summed E-state index contributed by atoms with van der Waals surface area (Å²) in [5, 5.41) is 6.56. The monoisotopic (exact) mass is 418 g/mol. The van der Waals surface area contributed by atoms with E-state index in [0.717, 1.165) is 34.0 Å². The van der Waals surface area contributed by atoms with Crippen LogP contribution in [0.4, 0.5) is 0 Å². The number of halogens is 1. The summed E-state index contributed by atoms with van der Waals surface area (Å²) in [7, 11) is 1.76. The van der Waals surface area contributed by atoms with Gasteiger partial charge < -0.3 is 15.1 Å². The van der Waals surface area contributed by atoms with Crippen molar-refractivity contribution in [3.63, 3.8) is 0 Å². The third-order valence-corrected chi connectivity index (χ3v) is 5.21. The number of benzene rings is 1. The van der Waals surface area contributed by atoms with E-state index >= 15 is 0 Å². The Morgan fingerprint density at radius 1 is 1.20 bits per heavy atom. The second-order valence-electron chi connectivity index (χ2n) is 5.32. The fraction of sp³-hybridized carbons (Fsp3) is 0.222. The third-order valence-electron chi connectivity index (χ3n) is 3.53. The molecule has 0 saturated carbocycles. The highest BCUT2D eigenvalue weighted by molar-refractivity contribution is 9.11. The van der Waals surface area contributed by atoms with E-state index in [9.17, 15) is 0 Å². The van der Waals surface area contributed by atoms with Gasteiger partial charge in [0, 0.05) is 24.0 Å². The van der Waals surface area contributed by atoms with Gasteiger partial charge in [-0.25, -0.2) is 4.98 Å². The van der Waals surface area contributed by atoms with E-state index < -0.39 is 0 Å². The Labute approximate surface area is 159 Å². The van der Waals surface area contributed by atoms with Gasteiger partial charge in [-0.15, -0.1) is 11.3 Å². The first kappa shape index (κ1) is 17.7. The molecule has 0 fully saturated rings. The average molecular weight is 419 g/mol. The number of oxazole rings is 1. The van der Waals surface area contributed by atoms with Crippen LogP contribution in [0.2, 0.25) is 0 Å². The summed E-state index contributed by atoms with van der Waals surface area (Å²) in [6.45, 7) is 1.38. The number of thiophene rings is 1. The highest BCUT2D eigenvalue weighted by Gasteiger charge is 2.07. The van der Waals surface area contributed by atoms with E-state index in [1.54, 1.807) is 24.6 Å². The van der Waals surface area contributed by atoms with Crippen molar-refractivity contribution in [2.75, 3.05) is 13.6 Å². The minimum Gasteiger partial charge on any atom is -0.444 e. The van der Waals surface area contributed by atoms with E-state index in [0.29, 0.717) is 12.4 Å². The zero-order valence-electron chi connectivity index (χ0n) is 13.8. The minimum absolute atomic E-state index is 0.556. The van der Waals surface area contributed by atoms with E-state index in [1.807, 2.05) is 30.3 Å². The molecule has 0 amide bonds. The molecule has 5 nitrogen and oxygen atoms in total. The Morgan fingerprint density at radius 2 is 2.04 bits per heavy atom. The topological polar surface area (TPSA) is 62.5 Å². The minimum atomic E-state index is 0.556. The van der Waals surface area contributed by atoms with Crippen molar-refractivity contribution in [3.8, 4) is 11.5 Å². The van der Waals surface area contributed by atoms with Gasteiger partial charge in [0.05, 0.1) is 16.0 Å². The normalized spacial score (nSPS) is 11.5. The maximum absolute atomic E-state index is 5.54. The molecule has 2 N–H and O–H groups in total. The quantitative estimate of drug-likeness (QED) is 0.467. The van der Waals surface area contributed by atoms with Crippen molar-refractivity contribution in [1.29, 1.82) is 0 Å². The van der Waals surface area contributed by atoms with Crippen molar-refractivity contribution in [1.82, 2.24) is 15.6 Å². The zero-order chi connectivity index (χ0) is 17.5. The van der Waals surface area contributed by atoms with E-state index in [1.165, 1.54) is 4.88 Å². The van der Waals surface area contributed by atoms with Crippen molar-refractivity contribution in [3.05, 3.63) is 63.1 Å². The van der Waals surface area contributed by atoms with Gasteiger partial charge in [0.2, 0.25) is 5.89 Å². The Morgan fingerprint density at radius 3 is 2.76 bits per heavy atom. The largest absolute Gasteiger partial charge is 0.444 e. The molecule has 2 aromatic heterocycles. The smallest absolute Gasteiger partial charge is 0.226 e. The molecule has 25 heavy (non-hydrogen) atoms. The predicted molar refractivity (Wildman–Crippen MR) is 106 cm³/mol. The van der Waals surface area contributed by atoms with Crippen molar-refractivity contribution in [2.45, 2.75) is 13.0 Å². The fourth-order valence-corrected chi connectivity index (χ4v) is 3.77. The first-order valence-electron chi connectivity index (χ1n) is 7.93. The Bertz CT molecular complexity index is 828. The second-order valence-corrected chi connectivity index (χ2v) is 7.87. The molecule has 7 heteroatoms. The Hall–Kier alpha value is -2.12. The molecule has 130 valence electrons. The molecular formula is C18H19BrN4OS. The maximum atomic E-state index is 5.54. The molecule has 0 saturated heterocycles. The van der Waals surface area contributed by atoms with Crippen LogP contribution < -0.4 is 10.6 Å². The summed E-state index contributed by atoms with van der Waals surface area (Å²) in [5.41, 5.74) is 1.81. The van der Waals surface area contributed by atoms with Gasteiger partial charge in [-0.05, 0) is 46.6 Å². The van der Waals surface area contributed by atoms with Gasteiger partial charge in [0.25, 0.3) is 0 Å². The van der Waals surface area contributed by atoms with Crippen LogP contribution in [-0.4, -0.2) is 24.5 Å². The van der Waals surface area contributed by atoms with Gasteiger partial charge in [0.1, 0.15) is 6.26 Å². The second kappa shape index (κ2) is 8.82. The molecule has 2 heterocycles. The molecule has 0 aliphatic heterocycles. The predicted octanol–water partition coefficient (Wildman–Crippen LogP) is 4.07. The average Bonchev–Trinajstić information content (AvgIpc) is 3.28. The van der Waals surface area contributed by atoms with Crippen molar-refractivity contribution in [2.24, 2.45) is 4.99 Å². The maximum Gasteiger partial charge on any atom is 0.226 e. The lowest BCUT2D eigenvalue weighted by molar-refractivity contribution is 0.572. The number of rotatable bonds is 6. The highest BCUT2D eigenvalue weighted by atomic mass is 79.9. The highest BCUT2D eigenvalue weighted by Crippen LogP contribution is 2.22. The van der Waals surface area contributed by atoms with Crippen molar-refractivity contribution < 1.29 is 4.42 Å². The van der Waals surface area contributed by atoms with Crippen LogP contribution in [0.25, 0.3) is 11.5 Å². The number of aliphatic imine (C=N–C) groups is 1. The standard InChI is InChI=1S/C18H19BrN4OS/c1-20-18(21-10-9-15-7-8-16(19)25-15)22-11-14-12-24-17(23-14)13-5-3-2-4-6-13/h2-8,12H,9-11H2,1H3,(H2,20,21,22). The van der Waals surface area contributed by atoms with Gasteiger partial charge >= 0.3 is 0 Å². The molecule has 1 aromatic carbocycles. The van der Waals surface area contributed by atoms with Crippen LogP contribution in [0.5, 0.6) is 0 Å². The molecule has 0 spiro atoms. The summed E-state index contributed by atoms with van der Waals surface area (Å²) in [4.78, 5) is 10.1. The number of guanidine groups is 1. The van der Waals surface area contributed by atoms with Crippen LogP contribution >= 0.6 is 27.3 Å². The lowest BCUT2D eigenvalue weighted by Crippen LogP contribution is -2.37. The zero-order valence-corrected chi connectivity index (χ0v) is 16.2. The SMILES string of the molecule is CN=C(NCCc1ccc(Br)s1)NCc1coc(-c2ccccc2)n1. The van der Waals surface area contributed by atoms with Crippen molar-refractivity contribution >= 4 is 33.2 Å². The molecule has 0 radical (unpaired) electrons. The molecule has 0 bridgehead atoms. The number of nitrogens with one attached hydrogen (secondary N) is 2. The lowest BCUT2D eigenvalue weighted by atomic mass is 10.2. The first-order valence-corrected chi connectivity index (χ1v) is 9.54. The Kier molecular flexibility index (Phi) is 6.25.